The van der Waals surface area contributed by atoms with Crippen molar-refractivity contribution in [2.75, 3.05) is 18.0 Å². The van der Waals surface area contributed by atoms with E-state index in [1.54, 1.807) is 0 Å². The highest BCUT2D eigenvalue weighted by atomic mass is 15.2. The molecule has 1 saturated carbocycles. The number of aryl methyl sites for hydroxylation is 1. The van der Waals surface area contributed by atoms with E-state index in [1.807, 2.05) is 6.20 Å². The van der Waals surface area contributed by atoms with Crippen molar-refractivity contribution in [2.24, 2.45) is 5.41 Å². The van der Waals surface area contributed by atoms with E-state index >= 15 is 0 Å². The third-order valence-electron chi connectivity index (χ3n) is 4.91. The molecule has 2 nitrogen and oxygen atoms in total. The molecule has 1 aromatic heterocycles. The molecule has 2 heteroatoms. The fraction of sp³-hybridized carbons (Fsp3) is 0.471. The number of para-hydroxylation sites is 1. The Morgan fingerprint density at radius 1 is 1.16 bits per heavy atom. The van der Waals surface area contributed by atoms with Crippen LogP contribution in [0.2, 0.25) is 0 Å². The van der Waals surface area contributed by atoms with Crippen molar-refractivity contribution in [3.05, 3.63) is 36.0 Å². The van der Waals surface area contributed by atoms with Crippen LogP contribution in [0.5, 0.6) is 0 Å². The number of pyridine rings is 1. The lowest BCUT2D eigenvalue weighted by molar-refractivity contribution is 0.396. The zero-order valence-electron chi connectivity index (χ0n) is 11.5. The number of benzene rings is 1. The van der Waals surface area contributed by atoms with Crippen molar-refractivity contribution in [1.82, 2.24) is 4.98 Å². The predicted octanol–water partition coefficient (Wildman–Crippen LogP) is 3.92. The predicted molar refractivity (Wildman–Crippen MR) is 79.6 cm³/mol. The number of rotatable bonds is 1. The maximum Gasteiger partial charge on any atom is 0.0751 e. The molecule has 2 aromatic rings. The van der Waals surface area contributed by atoms with Gasteiger partial charge in [0, 0.05) is 30.4 Å². The number of piperidine rings is 1. The minimum absolute atomic E-state index is 0.664. The molecule has 1 aromatic carbocycles. The normalized spacial score (nSPS) is 21.0. The third-order valence-corrected chi connectivity index (χ3v) is 4.91. The van der Waals surface area contributed by atoms with Gasteiger partial charge in [-0.25, -0.2) is 0 Å². The van der Waals surface area contributed by atoms with Gasteiger partial charge in [0.15, 0.2) is 0 Å². The first-order chi connectivity index (χ1) is 9.27. The Morgan fingerprint density at radius 3 is 2.89 bits per heavy atom. The smallest absolute Gasteiger partial charge is 0.0751 e. The van der Waals surface area contributed by atoms with Gasteiger partial charge in [0.05, 0.1) is 5.52 Å². The van der Waals surface area contributed by atoms with E-state index in [1.165, 1.54) is 55.4 Å². The van der Waals surface area contributed by atoms with E-state index in [0.717, 1.165) is 5.52 Å². The number of hydrogen-bond donors (Lipinski definition) is 0. The molecule has 2 heterocycles. The topological polar surface area (TPSA) is 16.1 Å². The molecule has 0 atom stereocenters. The van der Waals surface area contributed by atoms with E-state index in [9.17, 15) is 0 Å². The lowest BCUT2D eigenvalue weighted by atomic mass is 9.94. The molecule has 1 aliphatic carbocycles. The maximum atomic E-state index is 4.56. The van der Waals surface area contributed by atoms with E-state index in [-0.39, 0.29) is 0 Å². The van der Waals surface area contributed by atoms with Crippen LogP contribution < -0.4 is 4.90 Å². The highest BCUT2D eigenvalue weighted by Gasteiger charge is 2.45. The highest BCUT2D eigenvalue weighted by Crippen LogP contribution is 2.52. The summed E-state index contributed by atoms with van der Waals surface area (Å²) in [5.74, 6) is 0. The van der Waals surface area contributed by atoms with Crippen molar-refractivity contribution in [2.45, 2.75) is 32.6 Å². The molecule has 1 aliphatic heterocycles. The van der Waals surface area contributed by atoms with Crippen LogP contribution in [0.25, 0.3) is 10.9 Å². The van der Waals surface area contributed by atoms with Gasteiger partial charge in [-0.1, -0.05) is 18.2 Å². The summed E-state index contributed by atoms with van der Waals surface area (Å²) < 4.78 is 0. The van der Waals surface area contributed by atoms with Crippen LogP contribution in [-0.2, 0) is 0 Å². The van der Waals surface area contributed by atoms with Crippen molar-refractivity contribution in [1.29, 1.82) is 0 Å². The van der Waals surface area contributed by atoms with Crippen LogP contribution in [0.4, 0.5) is 5.69 Å². The molecule has 0 N–H and O–H groups in total. The Kier molecular flexibility index (Phi) is 2.35. The lowest BCUT2D eigenvalue weighted by Gasteiger charge is -2.35. The van der Waals surface area contributed by atoms with Crippen LogP contribution in [0, 0.1) is 12.3 Å². The average molecular weight is 252 g/mol. The Morgan fingerprint density at radius 2 is 2.05 bits per heavy atom. The molecule has 2 fully saturated rings. The van der Waals surface area contributed by atoms with Gasteiger partial charge in [0.2, 0.25) is 0 Å². The fourth-order valence-electron chi connectivity index (χ4n) is 3.58. The van der Waals surface area contributed by atoms with Crippen LogP contribution in [0.3, 0.4) is 0 Å². The quantitative estimate of drug-likeness (QED) is 0.764. The van der Waals surface area contributed by atoms with Gasteiger partial charge in [-0.2, -0.15) is 0 Å². The zero-order chi connectivity index (χ0) is 12.9. The zero-order valence-corrected chi connectivity index (χ0v) is 11.5. The number of fused-ring (bicyclic) bond motifs is 1. The number of anilines is 1. The largest absolute Gasteiger partial charge is 0.370 e. The third kappa shape index (κ3) is 1.81. The van der Waals surface area contributed by atoms with E-state index in [4.69, 9.17) is 0 Å². The number of hydrogen-bond acceptors (Lipinski definition) is 2. The molecule has 98 valence electrons. The summed E-state index contributed by atoms with van der Waals surface area (Å²) in [6.07, 6.45) is 7.62. The van der Waals surface area contributed by atoms with Gasteiger partial charge < -0.3 is 4.90 Å². The van der Waals surface area contributed by atoms with Crippen LogP contribution in [0.15, 0.2) is 30.5 Å². The van der Waals surface area contributed by atoms with Crippen molar-refractivity contribution < 1.29 is 0 Å². The monoisotopic (exact) mass is 252 g/mol. The minimum atomic E-state index is 0.664. The van der Waals surface area contributed by atoms with E-state index < -0.39 is 0 Å². The molecule has 0 amide bonds. The van der Waals surface area contributed by atoms with Crippen molar-refractivity contribution in [3.63, 3.8) is 0 Å². The molecule has 0 radical (unpaired) electrons. The Bertz CT molecular complexity index is 628. The number of nitrogens with zero attached hydrogens (tertiary/aromatic N) is 2. The SMILES string of the molecule is Cc1cccc2c(N3CCCC4(CC4)C3)ccnc12. The van der Waals surface area contributed by atoms with Gasteiger partial charge in [-0.15, -0.1) is 0 Å². The molecule has 2 aliphatic rings. The lowest BCUT2D eigenvalue weighted by Crippen LogP contribution is -2.36. The Balaban J connectivity index is 1.80. The van der Waals surface area contributed by atoms with Crippen LogP contribution in [0.1, 0.15) is 31.2 Å². The first-order valence-corrected chi connectivity index (χ1v) is 7.37. The summed E-state index contributed by atoms with van der Waals surface area (Å²) >= 11 is 0. The average Bonchev–Trinajstić information content (AvgIpc) is 3.18. The minimum Gasteiger partial charge on any atom is -0.370 e. The van der Waals surface area contributed by atoms with Crippen LogP contribution in [-0.4, -0.2) is 18.1 Å². The molecule has 1 spiro atoms. The van der Waals surface area contributed by atoms with Gasteiger partial charge in [0.1, 0.15) is 0 Å². The first-order valence-electron chi connectivity index (χ1n) is 7.37. The summed E-state index contributed by atoms with van der Waals surface area (Å²) in [6, 6.07) is 8.72. The maximum absolute atomic E-state index is 4.56. The Labute approximate surface area is 114 Å². The molecule has 4 rings (SSSR count). The second-order valence-corrected chi connectivity index (χ2v) is 6.33. The van der Waals surface area contributed by atoms with Gasteiger partial charge >= 0.3 is 0 Å². The molecular formula is C17H20N2. The van der Waals surface area contributed by atoms with E-state index in [0.29, 0.717) is 5.41 Å². The second-order valence-electron chi connectivity index (χ2n) is 6.33. The van der Waals surface area contributed by atoms with Gasteiger partial charge in [-0.05, 0) is 49.7 Å². The summed E-state index contributed by atoms with van der Waals surface area (Å²) in [5, 5.41) is 1.32. The number of aromatic nitrogens is 1. The fourth-order valence-corrected chi connectivity index (χ4v) is 3.58. The second kappa shape index (κ2) is 3.96. The highest BCUT2D eigenvalue weighted by molar-refractivity contribution is 5.93. The van der Waals surface area contributed by atoms with Crippen LogP contribution >= 0.6 is 0 Å². The molecule has 19 heavy (non-hydrogen) atoms. The molecule has 0 bridgehead atoms. The van der Waals surface area contributed by atoms with Crippen molar-refractivity contribution in [3.8, 4) is 0 Å². The Hall–Kier alpha value is -1.57. The molecular weight excluding hydrogens is 232 g/mol. The first kappa shape index (κ1) is 11.3. The molecule has 1 saturated heterocycles. The van der Waals surface area contributed by atoms with Gasteiger partial charge in [-0.3, -0.25) is 4.98 Å². The summed E-state index contributed by atoms with van der Waals surface area (Å²) in [7, 11) is 0. The van der Waals surface area contributed by atoms with Gasteiger partial charge in [0.25, 0.3) is 0 Å². The summed E-state index contributed by atoms with van der Waals surface area (Å²) in [6.45, 7) is 4.60. The summed E-state index contributed by atoms with van der Waals surface area (Å²) in [5.41, 5.74) is 4.49. The van der Waals surface area contributed by atoms with E-state index in [2.05, 4.69) is 41.1 Å². The molecule has 0 unspecified atom stereocenters. The summed E-state index contributed by atoms with van der Waals surface area (Å²) in [4.78, 5) is 7.16. The van der Waals surface area contributed by atoms with Crippen molar-refractivity contribution >= 4 is 16.6 Å². The standard InChI is InChI=1S/C17H20N2/c1-13-4-2-5-14-15(6-10-18-16(13)14)19-11-3-7-17(12-19)8-9-17/h2,4-6,10H,3,7-9,11-12H2,1H3.